The molecule has 0 N–H and O–H groups in total. The van der Waals surface area contributed by atoms with Crippen molar-refractivity contribution in [2.75, 3.05) is 4.90 Å². The van der Waals surface area contributed by atoms with Crippen LogP contribution in [-0.2, 0) is 4.57 Å². The molecule has 0 amide bonds. The molecule has 0 radical (unpaired) electrons. The van der Waals surface area contributed by atoms with Crippen LogP contribution in [-0.4, -0.2) is 9.13 Å². The van der Waals surface area contributed by atoms with Crippen LogP contribution in [0, 0.1) is 0 Å². The first-order chi connectivity index (χ1) is 29.2. The van der Waals surface area contributed by atoms with Gasteiger partial charge in [-0.2, -0.15) is 0 Å². The summed E-state index contributed by atoms with van der Waals surface area (Å²) in [6.45, 7) is 0. The van der Waals surface area contributed by atoms with Crippen molar-refractivity contribution in [3.63, 3.8) is 0 Å². The molecular weight excluding hydrogens is 738 g/mol. The van der Waals surface area contributed by atoms with Crippen LogP contribution in [0.3, 0.4) is 0 Å². The molecular formula is C54H36N3OP. The predicted molar refractivity (Wildman–Crippen MR) is 248 cm³/mol. The minimum absolute atomic E-state index is 0.864. The van der Waals surface area contributed by atoms with Gasteiger partial charge in [-0.3, -0.25) is 0 Å². The Kier molecular flexibility index (Phi) is 7.47. The fourth-order valence-electron chi connectivity index (χ4n) is 9.60. The van der Waals surface area contributed by atoms with Crippen LogP contribution in [0.5, 0.6) is 0 Å². The molecule has 0 saturated heterocycles. The molecule has 278 valence electrons. The van der Waals surface area contributed by atoms with Crippen LogP contribution in [0.4, 0.5) is 17.1 Å². The molecule has 2 aromatic heterocycles. The van der Waals surface area contributed by atoms with Crippen LogP contribution in [0.1, 0.15) is 0 Å². The lowest BCUT2D eigenvalue weighted by molar-refractivity contribution is 0.593. The van der Waals surface area contributed by atoms with E-state index in [0.29, 0.717) is 0 Å². The van der Waals surface area contributed by atoms with Gasteiger partial charge < -0.3 is 18.6 Å². The minimum Gasteiger partial charge on any atom is -0.310 e. The van der Waals surface area contributed by atoms with Crippen molar-refractivity contribution >= 4 is 83.7 Å². The summed E-state index contributed by atoms with van der Waals surface area (Å²) < 4.78 is 20.6. The molecule has 0 saturated carbocycles. The molecule has 12 rings (SSSR count). The zero-order chi connectivity index (χ0) is 39.1. The van der Waals surface area contributed by atoms with E-state index in [-0.39, 0.29) is 0 Å². The SMILES string of the molecule is O=P1(c2ccccc2)c2ccccc2-c2ccc3c(c21)c1ccccc1n3-c1ccc(N(c2ccccc2)c2ccc3c4ccccc4n(-c4ccccc4)c3c2)cc1. The minimum atomic E-state index is -3.19. The van der Waals surface area contributed by atoms with E-state index in [2.05, 4.69) is 196 Å². The molecule has 0 spiro atoms. The number of hydrogen-bond donors (Lipinski definition) is 0. The first-order valence-corrected chi connectivity index (χ1v) is 21.8. The highest BCUT2D eigenvalue weighted by Gasteiger charge is 2.42. The Bertz CT molecular complexity index is 3460. The van der Waals surface area contributed by atoms with Crippen LogP contribution < -0.4 is 20.8 Å². The fourth-order valence-corrected chi connectivity index (χ4v) is 12.9. The van der Waals surface area contributed by atoms with E-state index in [1.807, 2.05) is 36.4 Å². The van der Waals surface area contributed by atoms with Crippen molar-refractivity contribution in [1.29, 1.82) is 0 Å². The predicted octanol–water partition coefficient (Wildman–Crippen LogP) is 13.0. The van der Waals surface area contributed by atoms with Gasteiger partial charge in [-0.05, 0) is 90.0 Å². The topological polar surface area (TPSA) is 30.2 Å². The molecule has 1 aliphatic heterocycles. The molecule has 59 heavy (non-hydrogen) atoms. The van der Waals surface area contributed by atoms with Gasteiger partial charge in [0.25, 0.3) is 0 Å². The molecule has 1 unspecified atom stereocenters. The quantitative estimate of drug-likeness (QED) is 0.158. The largest absolute Gasteiger partial charge is 0.310 e. The molecule has 0 bridgehead atoms. The Morgan fingerprint density at radius 2 is 0.915 bits per heavy atom. The summed E-state index contributed by atoms with van der Waals surface area (Å²) in [5.74, 6) is 0. The molecule has 1 atom stereocenters. The van der Waals surface area contributed by atoms with E-state index in [9.17, 15) is 0 Å². The van der Waals surface area contributed by atoms with Crippen molar-refractivity contribution in [2.24, 2.45) is 0 Å². The molecule has 5 heteroatoms. The number of anilines is 3. The van der Waals surface area contributed by atoms with E-state index in [1.165, 1.54) is 16.3 Å². The lowest BCUT2D eigenvalue weighted by Gasteiger charge is -2.26. The number of fused-ring (bicyclic) bond motifs is 10. The van der Waals surface area contributed by atoms with Gasteiger partial charge in [0.1, 0.15) is 0 Å². The monoisotopic (exact) mass is 773 g/mol. The van der Waals surface area contributed by atoms with Crippen molar-refractivity contribution in [3.8, 4) is 22.5 Å². The summed E-state index contributed by atoms with van der Waals surface area (Å²) in [4.78, 5) is 2.34. The van der Waals surface area contributed by atoms with E-state index in [1.54, 1.807) is 0 Å². The van der Waals surface area contributed by atoms with Crippen molar-refractivity contribution in [2.45, 2.75) is 0 Å². The highest BCUT2D eigenvalue weighted by molar-refractivity contribution is 7.86. The van der Waals surface area contributed by atoms with Gasteiger partial charge in [0.05, 0.1) is 22.1 Å². The number of para-hydroxylation sites is 4. The van der Waals surface area contributed by atoms with Gasteiger partial charge in [-0.15, -0.1) is 0 Å². The van der Waals surface area contributed by atoms with Gasteiger partial charge in [0.2, 0.25) is 0 Å². The molecule has 11 aromatic rings. The maximum atomic E-state index is 15.9. The zero-order valence-electron chi connectivity index (χ0n) is 32.0. The van der Waals surface area contributed by atoms with Gasteiger partial charge in [0.15, 0.2) is 7.14 Å². The summed E-state index contributed by atoms with van der Waals surface area (Å²) in [7, 11) is -3.19. The van der Waals surface area contributed by atoms with E-state index >= 15 is 4.57 Å². The average molecular weight is 774 g/mol. The summed E-state index contributed by atoms with van der Waals surface area (Å²) >= 11 is 0. The third kappa shape index (κ3) is 4.94. The second-order valence-corrected chi connectivity index (χ2v) is 17.9. The van der Waals surface area contributed by atoms with Crippen molar-refractivity contribution in [3.05, 3.63) is 218 Å². The highest BCUT2D eigenvalue weighted by atomic mass is 31.2. The number of nitrogens with zero attached hydrogens (tertiary/aromatic N) is 3. The van der Waals surface area contributed by atoms with Crippen LogP contribution in [0.2, 0.25) is 0 Å². The number of benzene rings is 9. The lowest BCUT2D eigenvalue weighted by atomic mass is 10.0. The van der Waals surface area contributed by atoms with Gasteiger partial charge in [-0.1, -0.05) is 140 Å². The zero-order valence-corrected chi connectivity index (χ0v) is 32.9. The first kappa shape index (κ1) is 33.7. The summed E-state index contributed by atoms with van der Waals surface area (Å²) in [6, 6.07) is 76.8. The number of hydrogen-bond acceptors (Lipinski definition) is 2. The Balaban J connectivity index is 1.04. The van der Waals surface area contributed by atoms with E-state index in [4.69, 9.17) is 0 Å². The molecule has 9 aromatic carbocycles. The Morgan fingerprint density at radius 1 is 0.373 bits per heavy atom. The number of rotatable bonds is 6. The van der Waals surface area contributed by atoms with Crippen LogP contribution in [0.15, 0.2) is 218 Å². The third-order valence-corrected chi connectivity index (χ3v) is 15.3. The third-order valence-electron chi connectivity index (χ3n) is 12.1. The van der Waals surface area contributed by atoms with Gasteiger partial charge in [-0.25, -0.2) is 0 Å². The first-order valence-electron chi connectivity index (χ1n) is 20.1. The summed E-state index contributed by atoms with van der Waals surface area (Å²) in [5.41, 5.74) is 11.9. The van der Waals surface area contributed by atoms with Gasteiger partial charge >= 0.3 is 0 Å². The van der Waals surface area contributed by atoms with Crippen LogP contribution in [0.25, 0.3) is 66.1 Å². The number of aromatic nitrogens is 2. The normalized spacial score (nSPS) is 14.6. The molecule has 0 aliphatic carbocycles. The molecule has 4 nitrogen and oxygen atoms in total. The smallest absolute Gasteiger partial charge is 0.172 e. The second kappa shape index (κ2) is 13.1. The Labute approximate surface area is 341 Å². The van der Waals surface area contributed by atoms with E-state index < -0.39 is 7.14 Å². The maximum absolute atomic E-state index is 15.9. The molecule has 1 aliphatic rings. The Morgan fingerprint density at radius 3 is 1.68 bits per heavy atom. The Hall–Kier alpha value is -7.39. The van der Waals surface area contributed by atoms with Crippen LogP contribution >= 0.6 is 7.14 Å². The van der Waals surface area contributed by atoms with Crippen molar-refractivity contribution < 1.29 is 4.57 Å². The van der Waals surface area contributed by atoms with E-state index in [0.717, 1.165) is 82.8 Å². The summed E-state index contributed by atoms with van der Waals surface area (Å²) in [6.07, 6.45) is 0. The highest BCUT2D eigenvalue weighted by Crippen LogP contribution is 2.55. The standard InChI is InChI=1S/C54H36N3OP/c58-59(42-20-8-3-9-21-42)52-27-15-12-23-45(52)46-34-35-50-53(54(46)59)47-24-11-14-26-49(47)56(50)40-30-28-39(29-31-40)55(37-16-4-1-5-17-37)41-32-33-44-43-22-10-13-25-48(43)57(51(44)36-41)38-18-6-2-7-19-38/h1-36H. The lowest BCUT2D eigenvalue weighted by Crippen LogP contribution is -2.21. The molecule has 3 heterocycles. The molecule has 0 fully saturated rings. The maximum Gasteiger partial charge on any atom is 0.172 e. The fraction of sp³-hybridized carbons (Fsp3) is 0. The average Bonchev–Trinajstić information content (AvgIpc) is 3.91. The van der Waals surface area contributed by atoms with Gasteiger partial charge in [0, 0.05) is 65.9 Å². The second-order valence-electron chi connectivity index (χ2n) is 15.2. The summed E-state index contributed by atoms with van der Waals surface area (Å²) in [5, 5.41) is 7.32. The van der Waals surface area contributed by atoms with Crippen molar-refractivity contribution in [1.82, 2.24) is 9.13 Å².